The van der Waals surface area contributed by atoms with Crippen molar-refractivity contribution in [2.45, 2.75) is 39.2 Å². The molecule has 3 heteroatoms. The van der Waals surface area contributed by atoms with E-state index in [1.165, 1.54) is 11.1 Å². The molecule has 1 aliphatic heterocycles. The van der Waals surface area contributed by atoms with Crippen LogP contribution >= 0.6 is 0 Å². The molecule has 98 valence electrons. The molecular weight excluding hydrogens is 226 g/mol. The zero-order valence-electron chi connectivity index (χ0n) is 11.4. The highest BCUT2D eigenvalue weighted by molar-refractivity contribution is 5.90. The minimum absolute atomic E-state index is 0.234. The first kappa shape index (κ1) is 13.1. The fourth-order valence-electron chi connectivity index (χ4n) is 2.14. The van der Waals surface area contributed by atoms with E-state index in [0.29, 0.717) is 5.56 Å². The Labute approximate surface area is 109 Å². The lowest BCUT2D eigenvalue weighted by Gasteiger charge is -2.20. The van der Waals surface area contributed by atoms with Crippen LogP contribution in [0.25, 0.3) is 0 Å². The van der Waals surface area contributed by atoms with E-state index in [1.54, 1.807) is 0 Å². The van der Waals surface area contributed by atoms with Crippen LogP contribution in [0, 0.1) is 0 Å². The topological polar surface area (TPSA) is 38.3 Å². The van der Waals surface area contributed by atoms with Gasteiger partial charge in [0.05, 0.1) is 5.56 Å². The number of nitrogens with one attached hydrogen (secondary N) is 1. The van der Waals surface area contributed by atoms with E-state index < -0.39 is 5.60 Å². The van der Waals surface area contributed by atoms with Crippen LogP contribution in [0.2, 0.25) is 0 Å². The number of fused-ring (bicyclic) bond motifs is 1. The molecule has 0 spiro atoms. The van der Waals surface area contributed by atoms with Crippen LogP contribution in [-0.2, 0) is 17.6 Å². The maximum atomic E-state index is 12.0. The molecule has 0 saturated heterocycles. The van der Waals surface area contributed by atoms with Gasteiger partial charge >= 0.3 is 5.97 Å². The van der Waals surface area contributed by atoms with Crippen molar-refractivity contribution < 1.29 is 9.53 Å². The van der Waals surface area contributed by atoms with Gasteiger partial charge in [0, 0.05) is 0 Å². The second kappa shape index (κ2) is 5.11. The SMILES string of the molecule is CC(C)(C)OC(=O)c1ccc2c(c1)CCNCC2. The van der Waals surface area contributed by atoms with E-state index >= 15 is 0 Å². The highest BCUT2D eigenvalue weighted by atomic mass is 16.6. The van der Waals surface area contributed by atoms with Crippen LogP contribution in [0.15, 0.2) is 18.2 Å². The molecule has 1 aliphatic rings. The highest BCUT2D eigenvalue weighted by Gasteiger charge is 2.19. The third-order valence-electron chi connectivity index (χ3n) is 2.98. The van der Waals surface area contributed by atoms with Gasteiger partial charge in [0.1, 0.15) is 5.60 Å². The number of carbonyl (C=O) groups is 1. The zero-order valence-corrected chi connectivity index (χ0v) is 11.4. The molecule has 2 rings (SSSR count). The largest absolute Gasteiger partial charge is 0.456 e. The molecule has 0 aliphatic carbocycles. The minimum atomic E-state index is -0.439. The molecule has 1 N–H and O–H groups in total. The summed E-state index contributed by atoms with van der Waals surface area (Å²) < 4.78 is 5.39. The van der Waals surface area contributed by atoms with Gasteiger partial charge in [-0.2, -0.15) is 0 Å². The molecule has 0 atom stereocenters. The quantitative estimate of drug-likeness (QED) is 0.774. The molecule has 18 heavy (non-hydrogen) atoms. The number of esters is 1. The molecule has 0 fully saturated rings. The Morgan fingerprint density at radius 3 is 2.50 bits per heavy atom. The molecule has 0 amide bonds. The van der Waals surface area contributed by atoms with Gasteiger partial charge in [-0.25, -0.2) is 4.79 Å². The fourth-order valence-corrected chi connectivity index (χ4v) is 2.14. The first-order valence-corrected chi connectivity index (χ1v) is 6.51. The summed E-state index contributed by atoms with van der Waals surface area (Å²) in [6.45, 7) is 7.65. The van der Waals surface area contributed by atoms with Crippen molar-refractivity contribution in [2.24, 2.45) is 0 Å². The van der Waals surface area contributed by atoms with E-state index in [9.17, 15) is 4.79 Å². The predicted octanol–water partition coefficient (Wildman–Crippen LogP) is 2.33. The molecule has 0 radical (unpaired) electrons. The van der Waals surface area contributed by atoms with Crippen molar-refractivity contribution in [3.05, 3.63) is 34.9 Å². The Hall–Kier alpha value is -1.35. The van der Waals surface area contributed by atoms with Gasteiger partial charge in [0.25, 0.3) is 0 Å². The molecule has 0 bridgehead atoms. The van der Waals surface area contributed by atoms with Crippen molar-refractivity contribution in [2.75, 3.05) is 13.1 Å². The van der Waals surface area contributed by atoms with Crippen molar-refractivity contribution in [1.29, 1.82) is 0 Å². The molecule has 1 aromatic rings. The second-order valence-corrected chi connectivity index (χ2v) is 5.74. The molecule has 1 aromatic carbocycles. The minimum Gasteiger partial charge on any atom is -0.456 e. The standard InChI is InChI=1S/C15H21NO2/c1-15(2,3)18-14(17)13-5-4-11-6-8-16-9-7-12(11)10-13/h4-5,10,16H,6-9H2,1-3H3. The number of hydrogen-bond acceptors (Lipinski definition) is 3. The van der Waals surface area contributed by atoms with E-state index in [2.05, 4.69) is 11.4 Å². The molecular formula is C15H21NO2. The number of hydrogen-bond donors (Lipinski definition) is 1. The summed E-state index contributed by atoms with van der Waals surface area (Å²) >= 11 is 0. The summed E-state index contributed by atoms with van der Waals surface area (Å²) in [5.41, 5.74) is 2.83. The zero-order chi connectivity index (χ0) is 13.2. The van der Waals surface area contributed by atoms with Gasteiger partial charge in [-0.3, -0.25) is 0 Å². The van der Waals surface area contributed by atoms with Gasteiger partial charge in [-0.1, -0.05) is 6.07 Å². The lowest BCUT2D eigenvalue weighted by Crippen LogP contribution is -2.24. The van der Waals surface area contributed by atoms with Gasteiger partial charge in [-0.15, -0.1) is 0 Å². The summed E-state index contributed by atoms with van der Waals surface area (Å²) in [7, 11) is 0. The molecule has 0 saturated carbocycles. The van der Waals surface area contributed by atoms with Crippen LogP contribution < -0.4 is 5.32 Å². The summed E-state index contributed by atoms with van der Waals surface area (Å²) in [6, 6.07) is 5.91. The summed E-state index contributed by atoms with van der Waals surface area (Å²) in [5.74, 6) is -0.234. The Morgan fingerprint density at radius 2 is 1.83 bits per heavy atom. The van der Waals surface area contributed by atoms with E-state index in [0.717, 1.165) is 25.9 Å². The van der Waals surface area contributed by atoms with Crippen LogP contribution in [0.1, 0.15) is 42.3 Å². The molecule has 0 unspecified atom stereocenters. The first-order valence-electron chi connectivity index (χ1n) is 6.51. The van der Waals surface area contributed by atoms with Gasteiger partial charge in [-0.05, 0) is 70.0 Å². The molecule has 1 heterocycles. The van der Waals surface area contributed by atoms with Crippen molar-refractivity contribution in [3.8, 4) is 0 Å². The fraction of sp³-hybridized carbons (Fsp3) is 0.533. The summed E-state index contributed by atoms with van der Waals surface area (Å²) in [5, 5.41) is 3.36. The molecule has 3 nitrogen and oxygen atoms in total. The van der Waals surface area contributed by atoms with Crippen molar-refractivity contribution in [1.82, 2.24) is 5.32 Å². The van der Waals surface area contributed by atoms with Crippen molar-refractivity contribution >= 4 is 5.97 Å². The second-order valence-electron chi connectivity index (χ2n) is 5.74. The van der Waals surface area contributed by atoms with Crippen LogP contribution in [0.5, 0.6) is 0 Å². The first-order chi connectivity index (χ1) is 8.46. The lowest BCUT2D eigenvalue weighted by atomic mass is 10.00. The molecule has 0 aromatic heterocycles. The van der Waals surface area contributed by atoms with Crippen LogP contribution in [-0.4, -0.2) is 24.7 Å². The van der Waals surface area contributed by atoms with Crippen LogP contribution in [0.3, 0.4) is 0 Å². The third-order valence-corrected chi connectivity index (χ3v) is 2.98. The Bertz CT molecular complexity index is 446. The lowest BCUT2D eigenvalue weighted by molar-refractivity contribution is 0.00694. The van der Waals surface area contributed by atoms with Crippen LogP contribution in [0.4, 0.5) is 0 Å². The smallest absolute Gasteiger partial charge is 0.338 e. The highest BCUT2D eigenvalue weighted by Crippen LogP contribution is 2.18. The van der Waals surface area contributed by atoms with Gasteiger partial charge < -0.3 is 10.1 Å². The van der Waals surface area contributed by atoms with E-state index in [-0.39, 0.29) is 5.97 Å². The van der Waals surface area contributed by atoms with Crippen molar-refractivity contribution in [3.63, 3.8) is 0 Å². The Kier molecular flexibility index (Phi) is 3.71. The normalized spacial score (nSPS) is 15.7. The van der Waals surface area contributed by atoms with Gasteiger partial charge in [0.15, 0.2) is 0 Å². The average molecular weight is 247 g/mol. The Balaban J connectivity index is 2.20. The third kappa shape index (κ3) is 3.33. The van der Waals surface area contributed by atoms with Gasteiger partial charge in [0.2, 0.25) is 0 Å². The monoisotopic (exact) mass is 247 g/mol. The summed E-state index contributed by atoms with van der Waals surface area (Å²) in [4.78, 5) is 12.0. The predicted molar refractivity (Wildman–Crippen MR) is 71.9 cm³/mol. The number of rotatable bonds is 1. The number of carbonyl (C=O) groups excluding carboxylic acids is 1. The average Bonchev–Trinajstić information content (AvgIpc) is 2.50. The van der Waals surface area contributed by atoms with E-state index in [4.69, 9.17) is 4.74 Å². The maximum Gasteiger partial charge on any atom is 0.338 e. The summed E-state index contributed by atoms with van der Waals surface area (Å²) in [6.07, 6.45) is 2.01. The Morgan fingerprint density at radius 1 is 1.17 bits per heavy atom. The maximum absolute atomic E-state index is 12.0. The van der Waals surface area contributed by atoms with E-state index in [1.807, 2.05) is 32.9 Å². The number of ether oxygens (including phenoxy) is 1. The number of benzene rings is 1.